The lowest BCUT2D eigenvalue weighted by atomic mass is 9.91. The zero-order valence-electron chi connectivity index (χ0n) is 19.7. The van der Waals surface area contributed by atoms with E-state index in [1.54, 1.807) is 0 Å². The van der Waals surface area contributed by atoms with Crippen LogP contribution in [0.25, 0.3) is 10.9 Å². The molecule has 2 aromatic rings. The van der Waals surface area contributed by atoms with E-state index >= 15 is 0 Å². The Morgan fingerprint density at radius 1 is 1.12 bits per heavy atom. The van der Waals surface area contributed by atoms with Crippen LogP contribution in [-0.2, 0) is 11.2 Å². The fraction of sp³-hybridized carbons (Fsp3) is 0.583. The fourth-order valence-electron chi connectivity index (χ4n) is 4.07. The molecule has 7 nitrogen and oxygen atoms in total. The Hall–Kier alpha value is -1.97. The molecule has 8 heteroatoms. The first-order chi connectivity index (χ1) is 14.8. The van der Waals surface area contributed by atoms with E-state index in [9.17, 15) is 4.79 Å². The number of H-pyrrole nitrogens is 1. The average Bonchev–Trinajstić information content (AvgIpc) is 3.13. The number of carbonyl (C=O) groups is 1. The van der Waals surface area contributed by atoms with Crippen LogP contribution in [-0.4, -0.2) is 48.3 Å². The Bertz CT molecular complexity index is 882. The number of carbonyl (C=O) groups excluding carboxylic acids is 1. The third kappa shape index (κ3) is 8.18. The van der Waals surface area contributed by atoms with Crippen molar-refractivity contribution in [1.82, 2.24) is 20.9 Å². The van der Waals surface area contributed by atoms with E-state index in [1.165, 1.54) is 16.5 Å². The van der Waals surface area contributed by atoms with Crippen LogP contribution >= 0.6 is 24.0 Å². The first-order valence-corrected chi connectivity index (χ1v) is 11.4. The van der Waals surface area contributed by atoms with E-state index in [2.05, 4.69) is 56.4 Å². The van der Waals surface area contributed by atoms with Gasteiger partial charge in [-0.05, 0) is 70.9 Å². The minimum atomic E-state index is -0.463. The molecule has 178 valence electrons. The van der Waals surface area contributed by atoms with E-state index in [0.29, 0.717) is 6.04 Å². The number of amides is 1. The highest BCUT2D eigenvalue weighted by atomic mass is 127. The lowest BCUT2D eigenvalue weighted by Gasteiger charge is -2.31. The summed E-state index contributed by atoms with van der Waals surface area (Å²) in [6, 6.07) is 8.97. The third-order valence-electron chi connectivity index (χ3n) is 5.60. The Kier molecular flexibility index (Phi) is 10.1. The minimum Gasteiger partial charge on any atom is -0.444 e. The Morgan fingerprint density at radius 3 is 2.44 bits per heavy atom. The van der Waals surface area contributed by atoms with Gasteiger partial charge in [0.1, 0.15) is 5.60 Å². The van der Waals surface area contributed by atoms with Crippen LogP contribution in [0.2, 0.25) is 0 Å². The molecule has 1 heterocycles. The van der Waals surface area contributed by atoms with Crippen LogP contribution in [0, 0.1) is 0 Å². The van der Waals surface area contributed by atoms with Crippen molar-refractivity contribution in [3.05, 3.63) is 36.0 Å². The summed E-state index contributed by atoms with van der Waals surface area (Å²) in [5, 5.41) is 11.3. The van der Waals surface area contributed by atoms with Gasteiger partial charge in [0.25, 0.3) is 0 Å². The molecule has 1 aromatic heterocycles. The van der Waals surface area contributed by atoms with Gasteiger partial charge in [-0.1, -0.05) is 18.2 Å². The Morgan fingerprint density at radius 2 is 1.78 bits per heavy atom. The average molecular weight is 556 g/mol. The van der Waals surface area contributed by atoms with Gasteiger partial charge in [-0.25, -0.2) is 4.79 Å². The van der Waals surface area contributed by atoms with Crippen LogP contribution in [0.1, 0.15) is 58.4 Å². The van der Waals surface area contributed by atoms with Gasteiger partial charge in [0.05, 0.1) is 0 Å². The van der Waals surface area contributed by atoms with Gasteiger partial charge in [0, 0.05) is 42.8 Å². The van der Waals surface area contributed by atoms with Crippen molar-refractivity contribution in [3.8, 4) is 0 Å². The van der Waals surface area contributed by atoms with Crippen molar-refractivity contribution in [1.29, 1.82) is 0 Å². The monoisotopic (exact) mass is 555 g/mol. The molecule has 1 aliphatic rings. The summed E-state index contributed by atoms with van der Waals surface area (Å²) in [5.41, 5.74) is 2.09. The number of hydrogen-bond donors (Lipinski definition) is 4. The molecule has 1 aromatic carbocycles. The lowest BCUT2D eigenvalue weighted by molar-refractivity contribution is 0.0490. The smallest absolute Gasteiger partial charge is 0.407 e. The predicted octanol–water partition coefficient (Wildman–Crippen LogP) is 4.72. The highest BCUT2D eigenvalue weighted by Crippen LogP contribution is 2.20. The SMILES string of the molecule is CN=C(NCCCc1c[nH]c2ccccc12)NC1CCC(NC(=O)OC(C)(C)C)CC1.I. The van der Waals surface area contributed by atoms with Gasteiger partial charge in [-0.2, -0.15) is 0 Å². The van der Waals surface area contributed by atoms with Crippen LogP contribution in [0.5, 0.6) is 0 Å². The molecule has 1 aliphatic carbocycles. The number of aliphatic imine (C=N–C) groups is 1. The number of fused-ring (bicyclic) bond motifs is 1. The predicted molar refractivity (Wildman–Crippen MR) is 142 cm³/mol. The summed E-state index contributed by atoms with van der Waals surface area (Å²) in [4.78, 5) is 19.7. The number of ether oxygens (including phenoxy) is 1. The molecule has 3 rings (SSSR count). The molecule has 4 N–H and O–H groups in total. The van der Waals surface area contributed by atoms with E-state index < -0.39 is 5.60 Å². The summed E-state index contributed by atoms with van der Waals surface area (Å²) in [6.07, 6.45) is 7.72. The first-order valence-electron chi connectivity index (χ1n) is 11.4. The number of para-hydroxylation sites is 1. The topological polar surface area (TPSA) is 90.5 Å². The molecule has 0 spiro atoms. The first kappa shape index (κ1) is 26.3. The van der Waals surface area contributed by atoms with Gasteiger partial charge in [0.2, 0.25) is 0 Å². The van der Waals surface area contributed by atoms with E-state index in [-0.39, 0.29) is 36.1 Å². The second-order valence-electron chi connectivity index (χ2n) is 9.30. The van der Waals surface area contributed by atoms with Crippen LogP contribution in [0.15, 0.2) is 35.5 Å². The van der Waals surface area contributed by atoms with Gasteiger partial charge in [-0.3, -0.25) is 4.99 Å². The lowest BCUT2D eigenvalue weighted by Crippen LogP contribution is -2.48. The number of alkyl carbamates (subject to hydrolysis) is 1. The molecule has 1 amide bonds. The zero-order chi connectivity index (χ0) is 22.3. The van der Waals surface area contributed by atoms with Gasteiger partial charge >= 0.3 is 6.09 Å². The fourth-order valence-corrected chi connectivity index (χ4v) is 4.07. The van der Waals surface area contributed by atoms with Crippen molar-refractivity contribution >= 4 is 46.9 Å². The highest BCUT2D eigenvalue weighted by Gasteiger charge is 2.25. The number of halogens is 1. The molecule has 0 atom stereocenters. The quantitative estimate of drug-likeness (QED) is 0.180. The minimum absolute atomic E-state index is 0. The molecule has 0 saturated heterocycles. The zero-order valence-corrected chi connectivity index (χ0v) is 22.0. The van der Waals surface area contributed by atoms with Gasteiger partial charge < -0.3 is 25.7 Å². The summed E-state index contributed by atoms with van der Waals surface area (Å²) < 4.78 is 5.36. The number of nitrogens with zero attached hydrogens (tertiary/aromatic N) is 1. The van der Waals surface area contributed by atoms with E-state index in [0.717, 1.165) is 51.0 Å². The third-order valence-corrected chi connectivity index (χ3v) is 5.60. The van der Waals surface area contributed by atoms with E-state index in [4.69, 9.17) is 4.74 Å². The summed E-state index contributed by atoms with van der Waals surface area (Å²) in [6.45, 7) is 6.51. The maximum absolute atomic E-state index is 12.0. The van der Waals surface area contributed by atoms with Gasteiger partial charge in [0.15, 0.2) is 5.96 Å². The molecular formula is C24H38IN5O2. The van der Waals surface area contributed by atoms with Crippen molar-refractivity contribution in [2.24, 2.45) is 4.99 Å². The molecule has 1 fully saturated rings. The maximum Gasteiger partial charge on any atom is 0.407 e. The van der Waals surface area contributed by atoms with Crippen molar-refractivity contribution in [2.75, 3.05) is 13.6 Å². The van der Waals surface area contributed by atoms with Crippen molar-refractivity contribution < 1.29 is 9.53 Å². The maximum atomic E-state index is 12.0. The number of nitrogens with one attached hydrogen (secondary N) is 4. The second-order valence-corrected chi connectivity index (χ2v) is 9.30. The van der Waals surface area contributed by atoms with Gasteiger partial charge in [-0.15, -0.1) is 24.0 Å². The number of aromatic nitrogens is 1. The molecular weight excluding hydrogens is 517 g/mol. The number of rotatable bonds is 6. The number of hydrogen-bond acceptors (Lipinski definition) is 3. The second kappa shape index (κ2) is 12.3. The highest BCUT2D eigenvalue weighted by molar-refractivity contribution is 14.0. The number of guanidine groups is 1. The largest absolute Gasteiger partial charge is 0.444 e. The Balaban J connectivity index is 0.00000363. The molecule has 1 saturated carbocycles. The summed E-state index contributed by atoms with van der Waals surface area (Å²) in [7, 11) is 1.81. The number of aromatic amines is 1. The van der Waals surface area contributed by atoms with Crippen LogP contribution in [0.3, 0.4) is 0 Å². The van der Waals surface area contributed by atoms with Crippen LogP contribution < -0.4 is 16.0 Å². The molecule has 0 radical (unpaired) electrons. The molecule has 32 heavy (non-hydrogen) atoms. The molecule has 0 unspecified atom stereocenters. The Labute approximate surface area is 208 Å². The number of aryl methyl sites for hydroxylation is 1. The van der Waals surface area contributed by atoms with Crippen LogP contribution in [0.4, 0.5) is 4.79 Å². The summed E-state index contributed by atoms with van der Waals surface area (Å²) >= 11 is 0. The molecule has 0 bridgehead atoms. The van der Waals surface area contributed by atoms with Crippen molar-refractivity contribution in [2.45, 2.75) is 77.0 Å². The van der Waals surface area contributed by atoms with E-state index in [1.807, 2.05) is 27.8 Å². The molecule has 0 aliphatic heterocycles. The normalized spacial score (nSPS) is 19.2. The standard InChI is InChI=1S/C24H37N5O2.HI/c1-24(2,3)31-23(30)29-19-13-11-18(12-14-19)28-22(25-4)26-15-7-8-17-16-27-21-10-6-5-9-20(17)21;/h5-6,9-10,16,18-19,27H,7-8,11-15H2,1-4H3,(H,29,30)(H2,25,26,28);1H. The summed E-state index contributed by atoms with van der Waals surface area (Å²) in [5.74, 6) is 0.850. The van der Waals surface area contributed by atoms with Crippen molar-refractivity contribution in [3.63, 3.8) is 0 Å². The number of benzene rings is 1.